The van der Waals surface area contributed by atoms with Gasteiger partial charge in [-0.2, -0.15) is 0 Å². The lowest BCUT2D eigenvalue weighted by atomic mass is 10.1. The fraction of sp³-hybridized carbons (Fsp3) is 0.588. The molecule has 3 aliphatic rings. The number of hydrogen-bond donors (Lipinski definition) is 2. The molecule has 2 bridgehead atoms. The van der Waals surface area contributed by atoms with E-state index in [-0.39, 0.29) is 24.0 Å². The molecular weight excluding hydrogens is 417 g/mol. The molecule has 2 N–H and O–H groups in total. The molecule has 1 atom stereocenters. The molecule has 3 saturated heterocycles. The number of fused-ring (bicyclic) bond motifs is 3. The van der Waals surface area contributed by atoms with Gasteiger partial charge in [0.25, 0.3) is 0 Å². The summed E-state index contributed by atoms with van der Waals surface area (Å²) in [5.41, 5.74) is 1.13. The number of piperazine rings is 3. The normalized spacial score (nSPS) is 25.8. The maximum atomic E-state index is 5.39. The highest BCUT2D eigenvalue weighted by Gasteiger charge is 2.31. The van der Waals surface area contributed by atoms with Gasteiger partial charge in [-0.3, -0.25) is 14.8 Å². The molecule has 3 heterocycles. The Bertz CT molecular complexity index is 546. The van der Waals surface area contributed by atoms with Crippen LogP contribution >= 0.6 is 24.0 Å². The Hall–Kier alpha value is -1.06. The van der Waals surface area contributed by atoms with Crippen molar-refractivity contribution in [1.82, 2.24) is 20.4 Å². The first-order valence-electron chi connectivity index (χ1n) is 8.33. The van der Waals surface area contributed by atoms with E-state index in [4.69, 9.17) is 4.74 Å². The molecule has 1 unspecified atom stereocenters. The number of hydrogen-bond acceptors (Lipinski definition) is 4. The molecule has 1 aromatic carbocycles. The summed E-state index contributed by atoms with van der Waals surface area (Å²) in [4.78, 5) is 9.46. The van der Waals surface area contributed by atoms with Crippen LogP contribution in [0.3, 0.4) is 0 Å². The Morgan fingerprint density at radius 2 is 1.96 bits per heavy atom. The largest absolute Gasteiger partial charge is 0.496 e. The molecule has 3 fully saturated rings. The minimum Gasteiger partial charge on any atom is -0.496 e. The van der Waals surface area contributed by atoms with Crippen molar-refractivity contribution < 1.29 is 4.74 Å². The number of ether oxygens (including phenoxy) is 1. The summed E-state index contributed by atoms with van der Waals surface area (Å²) in [5.74, 6) is 1.74. The maximum Gasteiger partial charge on any atom is 0.191 e. The zero-order valence-electron chi connectivity index (χ0n) is 14.5. The molecular formula is C17H28IN5O. The van der Waals surface area contributed by atoms with Gasteiger partial charge >= 0.3 is 0 Å². The fourth-order valence-corrected chi connectivity index (χ4v) is 3.38. The standard InChI is InChI=1S/C17H27N5O.HI/c1-18-17(19-11-14-5-3-4-6-16(14)23-2)20-12-15-13-21-7-9-22(15)10-8-21;/h3-6,15H,7-13H2,1-2H3,(H2,18,19,20);1H. The van der Waals surface area contributed by atoms with Crippen molar-refractivity contribution in [3.05, 3.63) is 29.8 Å². The van der Waals surface area contributed by atoms with Gasteiger partial charge in [-0.25, -0.2) is 0 Å². The van der Waals surface area contributed by atoms with Gasteiger partial charge in [0, 0.05) is 64.5 Å². The van der Waals surface area contributed by atoms with Crippen LogP contribution in [-0.4, -0.2) is 75.2 Å². The molecule has 7 heteroatoms. The van der Waals surface area contributed by atoms with E-state index in [0.717, 1.165) is 30.4 Å². The number of halogens is 1. The van der Waals surface area contributed by atoms with Gasteiger partial charge in [0.2, 0.25) is 0 Å². The predicted molar refractivity (Wildman–Crippen MR) is 108 cm³/mol. The van der Waals surface area contributed by atoms with Gasteiger partial charge in [0.1, 0.15) is 5.75 Å². The maximum absolute atomic E-state index is 5.39. The van der Waals surface area contributed by atoms with Crippen molar-refractivity contribution in [2.75, 3.05) is 53.4 Å². The van der Waals surface area contributed by atoms with Crippen molar-refractivity contribution in [2.45, 2.75) is 12.6 Å². The highest BCUT2D eigenvalue weighted by molar-refractivity contribution is 14.0. The van der Waals surface area contributed by atoms with Crippen LogP contribution in [0.15, 0.2) is 29.3 Å². The third-order valence-electron chi connectivity index (χ3n) is 4.76. The summed E-state index contributed by atoms with van der Waals surface area (Å²) in [5, 5.41) is 6.83. The van der Waals surface area contributed by atoms with Gasteiger partial charge in [0.15, 0.2) is 5.96 Å². The highest BCUT2D eigenvalue weighted by atomic mass is 127. The molecule has 24 heavy (non-hydrogen) atoms. The Morgan fingerprint density at radius 3 is 2.58 bits per heavy atom. The topological polar surface area (TPSA) is 52.1 Å². The van der Waals surface area contributed by atoms with Crippen molar-refractivity contribution in [2.24, 2.45) is 4.99 Å². The molecule has 0 aromatic heterocycles. The van der Waals surface area contributed by atoms with Gasteiger partial charge < -0.3 is 15.4 Å². The van der Waals surface area contributed by atoms with Crippen molar-refractivity contribution in [3.63, 3.8) is 0 Å². The lowest BCUT2D eigenvalue weighted by Crippen LogP contribution is -2.63. The molecule has 0 radical (unpaired) electrons. The minimum atomic E-state index is 0. The van der Waals surface area contributed by atoms with Crippen LogP contribution in [0.5, 0.6) is 5.75 Å². The summed E-state index contributed by atoms with van der Waals surface area (Å²) >= 11 is 0. The molecule has 0 amide bonds. The second kappa shape index (κ2) is 9.43. The smallest absolute Gasteiger partial charge is 0.191 e. The van der Waals surface area contributed by atoms with Crippen LogP contribution in [0.4, 0.5) is 0 Å². The second-order valence-corrected chi connectivity index (χ2v) is 6.11. The Labute approximate surface area is 161 Å². The summed E-state index contributed by atoms with van der Waals surface area (Å²) in [6.45, 7) is 7.62. The van der Waals surface area contributed by atoms with E-state index in [9.17, 15) is 0 Å². The third-order valence-corrected chi connectivity index (χ3v) is 4.76. The highest BCUT2D eigenvalue weighted by Crippen LogP contribution is 2.17. The molecule has 1 aromatic rings. The number of nitrogens with one attached hydrogen (secondary N) is 2. The number of guanidine groups is 1. The van der Waals surface area contributed by atoms with Crippen molar-refractivity contribution in [1.29, 1.82) is 0 Å². The van der Waals surface area contributed by atoms with Crippen LogP contribution in [-0.2, 0) is 6.54 Å². The van der Waals surface area contributed by atoms with Gasteiger partial charge in [-0.05, 0) is 6.07 Å². The van der Waals surface area contributed by atoms with Crippen LogP contribution in [0.1, 0.15) is 5.56 Å². The quantitative estimate of drug-likeness (QED) is 0.402. The fourth-order valence-electron chi connectivity index (χ4n) is 3.38. The molecule has 3 aliphatic heterocycles. The van der Waals surface area contributed by atoms with Crippen LogP contribution < -0.4 is 15.4 Å². The summed E-state index contributed by atoms with van der Waals surface area (Å²) < 4.78 is 5.39. The Kier molecular flexibility index (Phi) is 7.57. The van der Waals surface area contributed by atoms with E-state index in [0.29, 0.717) is 12.6 Å². The average molecular weight is 445 g/mol. The monoisotopic (exact) mass is 445 g/mol. The number of nitrogens with zero attached hydrogens (tertiary/aromatic N) is 3. The van der Waals surface area contributed by atoms with E-state index in [1.807, 2.05) is 25.2 Å². The van der Waals surface area contributed by atoms with E-state index in [1.165, 1.54) is 26.2 Å². The summed E-state index contributed by atoms with van der Waals surface area (Å²) in [6, 6.07) is 8.64. The van der Waals surface area contributed by atoms with Crippen LogP contribution in [0.2, 0.25) is 0 Å². The van der Waals surface area contributed by atoms with Gasteiger partial charge in [0.05, 0.1) is 7.11 Å². The summed E-state index contributed by atoms with van der Waals surface area (Å²) in [7, 11) is 3.52. The van der Waals surface area contributed by atoms with E-state index >= 15 is 0 Å². The molecule has 134 valence electrons. The van der Waals surface area contributed by atoms with Gasteiger partial charge in [-0.1, -0.05) is 18.2 Å². The zero-order chi connectivity index (χ0) is 16.1. The first kappa shape index (κ1) is 19.3. The number of para-hydroxylation sites is 1. The molecule has 0 spiro atoms. The van der Waals surface area contributed by atoms with E-state index in [2.05, 4.69) is 31.5 Å². The Morgan fingerprint density at radius 1 is 1.21 bits per heavy atom. The number of methoxy groups -OCH3 is 1. The first-order valence-corrected chi connectivity index (χ1v) is 8.33. The zero-order valence-corrected chi connectivity index (χ0v) is 16.8. The van der Waals surface area contributed by atoms with E-state index in [1.54, 1.807) is 7.11 Å². The molecule has 6 nitrogen and oxygen atoms in total. The predicted octanol–water partition coefficient (Wildman–Crippen LogP) is 0.978. The third kappa shape index (κ3) is 4.73. The summed E-state index contributed by atoms with van der Waals surface area (Å²) in [6.07, 6.45) is 0. The second-order valence-electron chi connectivity index (χ2n) is 6.11. The van der Waals surface area contributed by atoms with Gasteiger partial charge in [-0.15, -0.1) is 24.0 Å². The van der Waals surface area contributed by atoms with Crippen LogP contribution in [0, 0.1) is 0 Å². The molecule has 0 aliphatic carbocycles. The molecule has 4 rings (SSSR count). The lowest BCUT2D eigenvalue weighted by Gasteiger charge is -2.47. The number of aliphatic imine (C=N–C) groups is 1. The van der Waals surface area contributed by atoms with Crippen molar-refractivity contribution >= 4 is 29.9 Å². The SMILES string of the molecule is CN=C(NCc1ccccc1OC)NCC1CN2CCN1CC2.I. The number of benzene rings is 1. The average Bonchev–Trinajstić information content (AvgIpc) is 2.63. The minimum absolute atomic E-state index is 0. The van der Waals surface area contributed by atoms with Crippen molar-refractivity contribution in [3.8, 4) is 5.75 Å². The Balaban J connectivity index is 0.00000208. The van der Waals surface area contributed by atoms with E-state index < -0.39 is 0 Å². The first-order chi connectivity index (χ1) is 11.3. The van der Waals surface area contributed by atoms with Crippen LogP contribution in [0.25, 0.3) is 0 Å². The molecule has 0 saturated carbocycles. The number of rotatable bonds is 5. The lowest BCUT2D eigenvalue weighted by molar-refractivity contribution is 0.0154.